The molecular formula is C10H14BO2. The standard InChI is InChI=1S/C10H14BO2/c1-11-6-8-3-9(7-12)5-10(4-8)13-2/h3-5,12H,6-7H2,1-2H3. The summed E-state index contributed by atoms with van der Waals surface area (Å²) in [7, 11) is 3.71. The lowest BCUT2D eigenvalue weighted by Crippen LogP contribution is -1.95. The second-order valence-corrected chi connectivity index (χ2v) is 2.96. The lowest BCUT2D eigenvalue weighted by Gasteiger charge is -2.06. The van der Waals surface area contributed by atoms with Crippen molar-refractivity contribution in [2.24, 2.45) is 0 Å². The molecule has 0 bridgehead atoms. The summed E-state index contributed by atoms with van der Waals surface area (Å²) >= 11 is 0. The summed E-state index contributed by atoms with van der Waals surface area (Å²) in [5, 5.41) is 8.98. The van der Waals surface area contributed by atoms with Gasteiger partial charge in [-0.2, -0.15) is 0 Å². The van der Waals surface area contributed by atoms with Gasteiger partial charge < -0.3 is 9.84 Å². The van der Waals surface area contributed by atoms with Crippen LogP contribution in [0.3, 0.4) is 0 Å². The maximum Gasteiger partial charge on any atom is 0.119 e. The normalized spacial score (nSPS) is 9.77. The van der Waals surface area contributed by atoms with Gasteiger partial charge >= 0.3 is 0 Å². The molecule has 1 radical (unpaired) electrons. The van der Waals surface area contributed by atoms with Crippen LogP contribution in [-0.2, 0) is 12.9 Å². The molecule has 0 saturated heterocycles. The van der Waals surface area contributed by atoms with Crippen molar-refractivity contribution in [3.05, 3.63) is 29.3 Å². The Morgan fingerprint density at radius 1 is 1.31 bits per heavy atom. The summed E-state index contributed by atoms with van der Waals surface area (Å²) in [6, 6.07) is 5.82. The van der Waals surface area contributed by atoms with Crippen molar-refractivity contribution < 1.29 is 9.84 Å². The monoisotopic (exact) mass is 177 g/mol. The van der Waals surface area contributed by atoms with Gasteiger partial charge in [0.1, 0.15) is 13.0 Å². The summed E-state index contributed by atoms with van der Waals surface area (Å²) in [4.78, 5) is 0. The van der Waals surface area contributed by atoms with Gasteiger partial charge in [0.05, 0.1) is 13.7 Å². The van der Waals surface area contributed by atoms with E-state index in [9.17, 15) is 0 Å². The largest absolute Gasteiger partial charge is 0.497 e. The van der Waals surface area contributed by atoms with Gasteiger partial charge in [0, 0.05) is 0 Å². The Labute approximate surface area is 79.8 Å². The van der Waals surface area contributed by atoms with Crippen LogP contribution in [0.4, 0.5) is 0 Å². The fourth-order valence-electron chi connectivity index (χ4n) is 1.29. The van der Waals surface area contributed by atoms with Gasteiger partial charge in [-0.25, -0.2) is 0 Å². The van der Waals surface area contributed by atoms with Gasteiger partial charge in [0.2, 0.25) is 0 Å². The zero-order valence-electron chi connectivity index (χ0n) is 8.08. The minimum absolute atomic E-state index is 0.0634. The third-order valence-electron chi connectivity index (χ3n) is 1.88. The van der Waals surface area contributed by atoms with Crippen molar-refractivity contribution >= 4 is 7.28 Å². The smallest absolute Gasteiger partial charge is 0.119 e. The summed E-state index contributed by atoms with van der Waals surface area (Å²) in [5.41, 5.74) is 2.07. The van der Waals surface area contributed by atoms with Crippen LogP contribution < -0.4 is 4.74 Å². The Morgan fingerprint density at radius 3 is 2.54 bits per heavy atom. The van der Waals surface area contributed by atoms with Gasteiger partial charge in [-0.1, -0.05) is 24.8 Å². The highest BCUT2D eigenvalue weighted by Gasteiger charge is 1.99. The van der Waals surface area contributed by atoms with Crippen LogP contribution >= 0.6 is 0 Å². The van der Waals surface area contributed by atoms with E-state index >= 15 is 0 Å². The highest BCUT2D eigenvalue weighted by Crippen LogP contribution is 2.17. The molecule has 1 N–H and O–H groups in total. The topological polar surface area (TPSA) is 29.5 Å². The Morgan fingerprint density at radius 2 is 2.00 bits per heavy atom. The molecule has 13 heavy (non-hydrogen) atoms. The first-order valence-electron chi connectivity index (χ1n) is 4.35. The van der Waals surface area contributed by atoms with Crippen molar-refractivity contribution in [2.75, 3.05) is 7.11 Å². The Balaban J connectivity index is 2.93. The van der Waals surface area contributed by atoms with E-state index in [0.29, 0.717) is 0 Å². The van der Waals surface area contributed by atoms with E-state index in [2.05, 4.69) is 7.28 Å². The predicted octanol–water partition coefficient (Wildman–Crippen LogP) is 1.44. The van der Waals surface area contributed by atoms with E-state index in [1.54, 1.807) is 7.11 Å². The van der Waals surface area contributed by atoms with Gasteiger partial charge in [-0.3, -0.25) is 0 Å². The highest BCUT2D eigenvalue weighted by molar-refractivity contribution is 6.32. The molecule has 0 fully saturated rings. The summed E-state index contributed by atoms with van der Waals surface area (Å²) in [5.74, 6) is 0.809. The molecule has 69 valence electrons. The minimum Gasteiger partial charge on any atom is -0.497 e. The van der Waals surface area contributed by atoms with Crippen molar-refractivity contribution in [1.29, 1.82) is 0 Å². The van der Waals surface area contributed by atoms with Crippen LogP contribution in [0, 0.1) is 0 Å². The molecule has 1 aromatic carbocycles. The molecule has 1 rings (SSSR count). The molecule has 0 aliphatic rings. The summed E-state index contributed by atoms with van der Waals surface area (Å²) < 4.78 is 5.12. The van der Waals surface area contributed by atoms with Crippen LogP contribution in [0.15, 0.2) is 18.2 Å². The first-order chi connectivity index (χ1) is 6.30. The second kappa shape index (κ2) is 4.92. The molecule has 0 atom stereocenters. The number of aliphatic hydroxyl groups excluding tert-OH is 1. The van der Waals surface area contributed by atoms with E-state index in [1.807, 2.05) is 25.0 Å². The molecule has 3 heteroatoms. The lowest BCUT2D eigenvalue weighted by atomic mass is 9.75. The number of methoxy groups -OCH3 is 1. The quantitative estimate of drug-likeness (QED) is 0.705. The maximum atomic E-state index is 8.98. The SMILES string of the molecule is C[B]Cc1cc(CO)cc(OC)c1. The number of aliphatic hydroxyl groups is 1. The zero-order valence-corrected chi connectivity index (χ0v) is 8.08. The first kappa shape index (κ1) is 10.1. The van der Waals surface area contributed by atoms with E-state index in [-0.39, 0.29) is 6.61 Å². The van der Waals surface area contributed by atoms with Crippen LogP contribution in [0.5, 0.6) is 5.75 Å². The number of rotatable bonds is 4. The van der Waals surface area contributed by atoms with Crippen molar-refractivity contribution in [3.63, 3.8) is 0 Å². The molecule has 0 aliphatic carbocycles. The molecule has 0 amide bonds. The molecule has 0 saturated carbocycles. The summed E-state index contributed by atoms with van der Waals surface area (Å²) in [6.45, 7) is 2.08. The first-order valence-corrected chi connectivity index (χ1v) is 4.35. The Kier molecular flexibility index (Phi) is 3.84. The third-order valence-corrected chi connectivity index (χ3v) is 1.88. The predicted molar refractivity (Wildman–Crippen MR) is 54.2 cm³/mol. The number of ether oxygens (including phenoxy) is 1. The van der Waals surface area contributed by atoms with Crippen LogP contribution in [0.2, 0.25) is 6.82 Å². The van der Waals surface area contributed by atoms with E-state index in [1.165, 1.54) is 5.56 Å². The van der Waals surface area contributed by atoms with E-state index in [0.717, 1.165) is 17.6 Å². The average Bonchev–Trinajstić information content (AvgIpc) is 2.17. The zero-order chi connectivity index (χ0) is 9.68. The number of hydrogen-bond acceptors (Lipinski definition) is 2. The van der Waals surface area contributed by atoms with Crippen LogP contribution in [-0.4, -0.2) is 19.5 Å². The third kappa shape index (κ3) is 2.78. The van der Waals surface area contributed by atoms with Gasteiger partial charge in [0.15, 0.2) is 0 Å². The highest BCUT2D eigenvalue weighted by atomic mass is 16.5. The number of benzene rings is 1. The Hall–Kier alpha value is -0.955. The van der Waals surface area contributed by atoms with Crippen molar-refractivity contribution in [1.82, 2.24) is 0 Å². The molecule has 0 spiro atoms. The van der Waals surface area contributed by atoms with Gasteiger partial charge in [-0.05, 0) is 17.7 Å². The van der Waals surface area contributed by atoms with E-state index < -0.39 is 0 Å². The molecule has 1 aromatic rings. The van der Waals surface area contributed by atoms with Gasteiger partial charge in [-0.15, -0.1) is 0 Å². The molecule has 0 aliphatic heterocycles. The second-order valence-electron chi connectivity index (χ2n) is 2.96. The molecule has 0 heterocycles. The van der Waals surface area contributed by atoms with E-state index in [4.69, 9.17) is 9.84 Å². The molecule has 0 aromatic heterocycles. The van der Waals surface area contributed by atoms with Gasteiger partial charge in [0.25, 0.3) is 0 Å². The van der Waals surface area contributed by atoms with Crippen molar-refractivity contribution in [2.45, 2.75) is 19.8 Å². The van der Waals surface area contributed by atoms with Crippen molar-refractivity contribution in [3.8, 4) is 5.75 Å². The molecular weight excluding hydrogens is 163 g/mol. The van der Waals surface area contributed by atoms with Crippen LogP contribution in [0.1, 0.15) is 11.1 Å². The van der Waals surface area contributed by atoms with Crippen LogP contribution in [0.25, 0.3) is 0 Å². The Bertz CT molecular complexity index is 251. The fraction of sp³-hybridized carbons (Fsp3) is 0.400. The average molecular weight is 177 g/mol. The molecule has 2 nitrogen and oxygen atoms in total. The lowest BCUT2D eigenvalue weighted by molar-refractivity contribution is 0.281. The maximum absolute atomic E-state index is 8.98. The summed E-state index contributed by atoms with van der Waals surface area (Å²) in [6.07, 6.45) is 0.907. The number of hydrogen-bond donors (Lipinski definition) is 1. The fourth-order valence-corrected chi connectivity index (χ4v) is 1.29. The minimum atomic E-state index is 0.0634. The molecule has 0 unspecified atom stereocenters.